The Morgan fingerprint density at radius 2 is 1.82 bits per heavy atom. The molecule has 1 aliphatic carbocycles. The SMILES string of the molecule is Cc1nnn(C)c1-c1cnc2c3ccc(C(=O)O)cc3n(C(c3ccccc3)C3CCC(F)(F)CC3)c2c1. The first kappa shape index (κ1) is 24.2. The van der Waals surface area contributed by atoms with Crippen LogP contribution < -0.4 is 0 Å². The van der Waals surface area contributed by atoms with Crippen LogP contribution in [0.1, 0.15) is 53.3 Å². The minimum absolute atomic E-state index is 0.0620. The number of aryl methyl sites for hydroxylation is 2. The van der Waals surface area contributed by atoms with Crippen molar-refractivity contribution in [2.75, 3.05) is 0 Å². The van der Waals surface area contributed by atoms with E-state index < -0.39 is 11.9 Å². The normalized spacial score (nSPS) is 16.7. The van der Waals surface area contributed by atoms with Gasteiger partial charge < -0.3 is 9.67 Å². The van der Waals surface area contributed by atoms with Crippen LogP contribution in [-0.2, 0) is 7.05 Å². The van der Waals surface area contributed by atoms with Crippen LogP contribution in [0, 0.1) is 12.8 Å². The predicted molar refractivity (Wildman–Crippen MR) is 140 cm³/mol. The number of aromatic nitrogens is 5. The van der Waals surface area contributed by atoms with Crippen molar-refractivity contribution in [2.24, 2.45) is 13.0 Å². The molecule has 5 aromatic rings. The number of benzene rings is 2. The number of carboxylic acids is 1. The maximum Gasteiger partial charge on any atom is 0.335 e. The highest BCUT2D eigenvalue weighted by Crippen LogP contribution is 2.46. The van der Waals surface area contributed by atoms with Crippen molar-refractivity contribution in [1.82, 2.24) is 24.5 Å². The Bertz CT molecular complexity index is 1650. The number of aromatic carboxylic acids is 1. The van der Waals surface area contributed by atoms with Gasteiger partial charge in [0.05, 0.1) is 39.5 Å². The van der Waals surface area contributed by atoms with Gasteiger partial charge in [-0.2, -0.15) is 0 Å². The molecule has 6 rings (SSSR count). The Hall–Kier alpha value is -4.14. The zero-order chi connectivity index (χ0) is 26.6. The van der Waals surface area contributed by atoms with E-state index >= 15 is 0 Å². The van der Waals surface area contributed by atoms with Crippen LogP contribution in [0.4, 0.5) is 8.78 Å². The third kappa shape index (κ3) is 4.02. The highest BCUT2D eigenvalue weighted by Gasteiger charge is 2.39. The molecule has 2 aromatic carbocycles. The summed E-state index contributed by atoms with van der Waals surface area (Å²) in [6, 6.07) is 16.7. The Balaban J connectivity index is 1.66. The minimum atomic E-state index is -2.66. The maximum absolute atomic E-state index is 14.2. The van der Waals surface area contributed by atoms with Gasteiger partial charge in [0.2, 0.25) is 5.92 Å². The number of rotatable bonds is 5. The van der Waals surface area contributed by atoms with Crippen molar-refractivity contribution in [1.29, 1.82) is 0 Å². The van der Waals surface area contributed by atoms with Crippen molar-refractivity contribution in [3.63, 3.8) is 0 Å². The van der Waals surface area contributed by atoms with E-state index in [1.807, 2.05) is 50.4 Å². The van der Waals surface area contributed by atoms with Gasteiger partial charge in [-0.25, -0.2) is 18.3 Å². The number of halogens is 2. The molecule has 3 aromatic heterocycles. The van der Waals surface area contributed by atoms with Gasteiger partial charge in [0.25, 0.3) is 0 Å². The molecule has 1 atom stereocenters. The summed E-state index contributed by atoms with van der Waals surface area (Å²) in [6.45, 7) is 1.89. The summed E-state index contributed by atoms with van der Waals surface area (Å²) >= 11 is 0. The highest BCUT2D eigenvalue weighted by molar-refractivity contribution is 6.08. The van der Waals surface area contributed by atoms with Gasteiger partial charge in [-0.3, -0.25) is 4.98 Å². The van der Waals surface area contributed by atoms with Crippen LogP contribution >= 0.6 is 0 Å². The Morgan fingerprint density at radius 3 is 2.47 bits per heavy atom. The van der Waals surface area contributed by atoms with E-state index in [1.165, 1.54) is 0 Å². The summed E-state index contributed by atoms with van der Waals surface area (Å²) in [4.78, 5) is 16.8. The lowest BCUT2D eigenvalue weighted by atomic mass is 9.79. The number of hydrogen-bond donors (Lipinski definition) is 1. The summed E-state index contributed by atoms with van der Waals surface area (Å²) in [5.41, 5.74) is 5.83. The lowest BCUT2D eigenvalue weighted by Crippen LogP contribution is -2.30. The lowest BCUT2D eigenvalue weighted by molar-refractivity contribution is -0.0493. The molecule has 0 amide bonds. The van der Waals surface area contributed by atoms with Gasteiger partial charge in [0.15, 0.2) is 0 Å². The second-order valence-electron chi connectivity index (χ2n) is 10.2. The Kier molecular flexibility index (Phi) is 5.74. The molecule has 0 bridgehead atoms. The molecule has 38 heavy (non-hydrogen) atoms. The van der Waals surface area contributed by atoms with Crippen molar-refractivity contribution in [3.05, 3.63) is 77.6 Å². The molecule has 7 nitrogen and oxygen atoms in total. The van der Waals surface area contributed by atoms with Gasteiger partial charge in [-0.1, -0.05) is 35.5 Å². The standard InChI is InChI=1S/C29H27F2N5O2/c1-17-26(35(2)34-33-17)21-15-24-25(32-16-21)22-9-8-20(28(37)38)14-23(22)36(24)27(18-6-4-3-5-7-18)19-10-12-29(30,31)13-11-19/h3-9,14-16,19,27H,10-13H2,1-2H3,(H,37,38). The average molecular weight is 516 g/mol. The van der Waals surface area contributed by atoms with E-state index in [4.69, 9.17) is 4.98 Å². The predicted octanol–water partition coefficient (Wildman–Crippen LogP) is 6.41. The Labute approximate surface area is 217 Å². The second kappa shape index (κ2) is 9.01. The molecule has 0 spiro atoms. The fourth-order valence-corrected chi connectivity index (χ4v) is 5.98. The molecule has 1 saturated carbocycles. The largest absolute Gasteiger partial charge is 0.478 e. The van der Waals surface area contributed by atoms with E-state index in [0.717, 1.165) is 44.5 Å². The van der Waals surface area contributed by atoms with Crippen LogP contribution in [0.25, 0.3) is 33.2 Å². The summed E-state index contributed by atoms with van der Waals surface area (Å²) in [5, 5.41) is 18.9. The number of pyridine rings is 1. The van der Waals surface area contributed by atoms with Crippen LogP contribution in [0.3, 0.4) is 0 Å². The molecule has 3 heterocycles. The van der Waals surface area contributed by atoms with E-state index in [2.05, 4.69) is 14.9 Å². The van der Waals surface area contributed by atoms with Gasteiger partial charge in [0, 0.05) is 37.0 Å². The fourth-order valence-electron chi connectivity index (χ4n) is 5.98. The first-order valence-electron chi connectivity index (χ1n) is 12.7. The van der Waals surface area contributed by atoms with Crippen LogP contribution in [0.15, 0.2) is 60.8 Å². The topological polar surface area (TPSA) is 85.8 Å². The number of fused-ring (bicyclic) bond motifs is 3. The van der Waals surface area contributed by atoms with Gasteiger partial charge in [0.1, 0.15) is 0 Å². The fraction of sp³-hybridized carbons (Fsp3) is 0.310. The first-order chi connectivity index (χ1) is 18.2. The van der Waals surface area contributed by atoms with Crippen molar-refractivity contribution in [2.45, 2.75) is 44.6 Å². The monoisotopic (exact) mass is 515 g/mol. The molecule has 0 radical (unpaired) electrons. The summed E-state index contributed by atoms with van der Waals surface area (Å²) in [5.74, 6) is -3.75. The van der Waals surface area contributed by atoms with Crippen molar-refractivity contribution in [3.8, 4) is 11.3 Å². The number of hydrogen-bond acceptors (Lipinski definition) is 4. The van der Waals surface area contributed by atoms with Crippen LogP contribution in [0.2, 0.25) is 0 Å². The molecule has 194 valence electrons. The smallest absolute Gasteiger partial charge is 0.335 e. The molecule has 1 aliphatic rings. The molecule has 1 unspecified atom stereocenters. The van der Waals surface area contributed by atoms with E-state index in [9.17, 15) is 18.7 Å². The zero-order valence-electron chi connectivity index (χ0n) is 21.1. The van der Waals surface area contributed by atoms with E-state index in [1.54, 1.807) is 29.1 Å². The zero-order valence-corrected chi connectivity index (χ0v) is 21.1. The molecule has 1 N–H and O–H groups in total. The van der Waals surface area contributed by atoms with Crippen LogP contribution in [-0.4, -0.2) is 41.5 Å². The van der Waals surface area contributed by atoms with E-state index in [0.29, 0.717) is 12.8 Å². The molecule has 1 fully saturated rings. The third-order valence-corrected chi connectivity index (χ3v) is 7.78. The molecule has 0 aliphatic heterocycles. The Morgan fingerprint density at radius 1 is 1.08 bits per heavy atom. The summed E-state index contributed by atoms with van der Waals surface area (Å²) in [7, 11) is 1.82. The number of nitrogens with zero attached hydrogens (tertiary/aromatic N) is 5. The minimum Gasteiger partial charge on any atom is -0.478 e. The van der Waals surface area contributed by atoms with Gasteiger partial charge >= 0.3 is 5.97 Å². The highest BCUT2D eigenvalue weighted by atomic mass is 19.3. The third-order valence-electron chi connectivity index (χ3n) is 7.78. The second-order valence-corrected chi connectivity index (χ2v) is 10.2. The van der Waals surface area contributed by atoms with E-state index in [-0.39, 0.29) is 30.4 Å². The first-order valence-corrected chi connectivity index (χ1v) is 12.7. The summed E-state index contributed by atoms with van der Waals surface area (Å²) < 4.78 is 32.3. The van der Waals surface area contributed by atoms with Crippen molar-refractivity contribution >= 4 is 27.9 Å². The molecule has 9 heteroatoms. The number of carboxylic acid groups (broad SMARTS) is 1. The molecular formula is C29H27F2N5O2. The van der Waals surface area contributed by atoms with Gasteiger partial charge in [-0.15, -0.1) is 5.10 Å². The summed E-state index contributed by atoms with van der Waals surface area (Å²) in [6.07, 6.45) is 2.18. The lowest BCUT2D eigenvalue weighted by Gasteiger charge is -2.35. The quantitative estimate of drug-likeness (QED) is 0.292. The number of carbonyl (C=O) groups is 1. The van der Waals surface area contributed by atoms with Crippen molar-refractivity contribution < 1.29 is 18.7 Å². The average Bonchev–Trinajstić information content (AvgIpc) is 3.41. The maximum atomic E-state index is 14.2. The van der Waals surface area contributed by atoms with Crippen LogP contribution in [0.5, 0.6) is 0 Å². The number of alkyl halides is 2. The molecule has 0 saturated heterocycles. The molecular weight excluding hydrogens is 488 g/mol. The van der Waals surface area contributed by atoms with Gasteiger partial charge in [-0.05, 0) is 55.5 Å².